The predicted octanol–water partition coefficient (Wildman–Crippen LogP) is 7.36. The predicted molar refractivity (Wildman–Crippen MR) is 98.5 cm³/mol. The van der Waals surface area contributed by atoms with Crippen LogP contribution in [0.1, 0.15) is 83.3 Å². The molecule has 0 saturated heterocycles. The molecule has 0 amide bonds. The Labute approximate surface area is 147 Å². The molecule has 1 aromatic rings. The molecule has 0 N–H and O–H groups in total. The molecule has 0 heterocycles. The largest absolute Gasteiger partial charge is 0.270 e. The highest BCUT2D eigenvalue weighted by Crippen LogP contribution is 2.33. The lowest BCUT2D eigenvalue weighted by Crippen LogP contribution is -2.14. The van der Waals surface area contributed by atoms with E-state index in [4.69, 9.17) is 0 Å². The summed E-state index contributed by atoms with van der Waals surface area (Å²) in [5, 5.41) is 0. The van der Waals surface area contributed by atoms with Crippen molar-refractivity contribution in [3.8, 4) is 0 Å². The summed E-state index contributed by atoms with van der Waals surface area (Å²) in [6, 6.07) is 6.92. The molecule has 24 heavy (non-hydrogen) atoms. The van der Waals surface area contributed by atoms with Crippen LogP contribution in [0.3, 0.4) is 0 Å². The maximum Gasteiger partial charge on any atom is 0.270 e. The lowest BCUT2D eigenvalue weighted by molar-refractivity contribution is 0.0174. The molecule has 0 spiro atoms. The van der Waals surface area contributed by atoms with E-state index in [1.165, 1.54) is 56.9 Å². The van der Waals surface area contributed by atoms with E-state index in [1.54, 1.807) is 12.1 Å². The number of hydrogen-bond acceptors (Lipinski definition) is 0. The quantitative estimate of drug-likeness (QED) is 0.465. The Morgan fingerprint density at radius 1 is 1.12 bits per heavy atom. The van der Waals surface area contributed by atoms with Crippen molar-refractivity contribution in [3.63, 3.8) is 0 Å². The summed E-state index contributed by atoms with van der Waals surface area (Å²) >= 11 is 0. The van der Waals surface area contributed by atoms with E-state index in [-0.39, 0.29) is 5.56 Å². The van der Waals surface area contributed by atoms with Crippen LogP contribution in [0.5, 0.6) is 0 Å². The smallest absolute Gasteiger partial charge is 0.202 e. The van der Waals surface area contributed by atoms with Crippen LogP contribution in [0.25, 0.3) is 0 Å². The topological polar surface area (TPSA) is 0 Å². The molecule has 1 fully saturated rings. The van der Waals surface area contributed by atoms with Gasteiger partial charge in [0.05, 0.1) is 0 Å². The molecular weight excluding hydrogens is 302 g/mol. The van der Waals surface area contributed by atoms with E-state index in [0.717, 1.165) is 31.1 Å². The van der Waals surface area contributed by atoms with Crippen molar-refractivity contribution in [2.75, 3.05) is 0 Å². The average molecular weight is 337 g/mol. The number of rotatable bonds is 8. The van der Waals surface area contributed by atoms with Crippen LogP contribution < -0.4 is 0 Å². The second-order valence-electron chi connectivity index (χ2n) is 8.11. The van der Waals surface area contributed by atoms with Crippen LogP contribution in [0.15, 0.2) is 24.3 Å². The van der Waals surface area contributed by atoms with Crippen molar-refractivity contribution in [3.05, 3.63) is 35.4 Å². The summed E-state index contributed by atoms with van der Waals surface area (Å²) in [6.07, 6.45) is 11.8. The summed E-state index contributed by atoms with van der Waals surface area (Å²) in [4.78, 5) is 0. The molecule has 0 bridgehead atoms. The molecule has 0 aliphatic heterocycles. The number of halogens is 2. The summed E-state index contributed by atoms with van der Waals surface area (Å²) < 4.78 is 26.5. The summed E-state index contributed by atoms with van der Waals surface area (Å²) in [6.45, 7) is 5.64. The van der Waals surface area contributed by atoms with Gasteiger partial charge in [-0.1, -0.05) is 76.6 Å². The molecule has 2 heteroatoms. The Morgan fingerprint density at radius 3 is 2.42 bits per heavy atom. The number of benzene rings is 1. The Balaban J connectivity index is 1.76. The highest BCUT2D eigenvalue weighted by atomic mass is 19.3. The third-order valence-electron chi connectivity index (χ3n) is 5.91. The Bertz CT molecular complexity index is 472. The normalized spacial score (nSPS) is 23.2. The van der Waals surface area contributed by atoms with Crippen molar-refractivity contribution >= 4 is 0 Å². The highest BCUT2D eigenvalue weighted by molar-refractivity contribution is 5.25. The summed E-state index contributed by atoms with van der Waals surface area (Å²) in [5.41, 5.74) is 1.30. The van der Waals surface area contributed by atoms with Gasteiger partial charge >= 0.3 is 0 Å². The molecule has 0 radical (unpaired) electrons. The number of aryl methyl sites for hydroxylation is 1. The first-order chi connectivity index (χ1) is 11.4. The number of hydrogen-bond donors (Lipinski definition) is 0. The third kappa shape index (κ3) is 6.18. The lowest BCUT2D eigenvalue weighted by Gasteiger charge is -2.28. The van der Waals surface area contributed by atoms with Crippen LogP contribution in [0.4, 0.5) is 8.78 Å². The van der Waals surface area contributed by atoms with Gasteiger partial charge in [-0.05, 0) is 42.6 Å². The van der Waals surface area contributed by atoms with Gasteiger partial charge in [0.25, 0.3) is 5.92 Å². The zero-order valence-corrected chi connectivity index (χ0v) is 15.7. The monoisotopic (exact) mass is 336 g/mol. The molecule has 3 unspecified atom stereocenters. The zero-order valence-electron chi connectivity index (χ0n) is 15.7. The first kappa shape index (κ1) is 19.4. The van der Waals surface area contributed by atoms with Crippen LogP contribution >= 0.6 is 0 Å². The Hall–Kier alpha value is -0.920. The van der Waals surface area contributed by atoms with Gasteiger partial charge in [-0.3, -0.25) is 0 Å². The first-order valence-corrected chi connectivity index (χ1v) is 9.85. The summed E-state index contributed by atoms with van der Waals surface area (Å²) in [5.74, 6) is -0.107. The van der Waals surface area contributed by atoms with Gasteiger partial charge in [0.2, 0.25) is 0 Å². The molecule has 1 aliphatic carbocycles. The van der Waals surface area contributed by atoms with E-state index in [0.29, 0.717) is 0 Å². The van der Waals surface area contributed by atoms with Gasteiger partial charge in [-0.15, -0.1) is 0 Å². The van der Waals surface area contributed by atoms with Crippen LogP contribution in [0.2, 0.25) is 0 Å². The minimum atomic E-state index is -2.73. The Morgan fingerprint density at radius 2 is 1.83 bits per heavy atom. The zero-order chi connectivity index (χ0) is 17.6. The lowest BCUT2D eigenvalue weighted by atomic mass is 9.78. The van der Waals surface area contributed by atoms with E-state index in [1.807, 2.05) is 12.1 Å². The van der Waals surface area contributed by atoms with Gasteiger partial charge in [0.15, 0.2) is 0 Å². The fourth-order valence-corrected chi connectivity index (χ4v) is 4.18. The molecule has 1 aromatic carbocycles. The van der Waals surface area contributed by atoms with Crippen molar-refractivity contribution < 1.29 is 8.78 Å². The minimum absolute atomic E-state index is 0.115. The van der Waals surface area contributed by atoms with Crippen molar-refractivity contribution in [2.24, 2.45) is 17.8 Å². The van der Waals surface area contributed by atoms with E-state index in [2.05, 4.69) is 13.8 Å². The third-order valence-corrected chi connectivity index (χ3v) is 5.91. The van der Waals surface area contributed by atoms with E-state index < -0.39 is 5.92 Å². The molecule has 1 aliphatic rings. The maximum atomic E-state index is 13.3. The van der Waals surface area contributed by atoms with Crippen molar-refractivity contribution in [1.29, 1.82) is 0 Å². The molecule has 3 atom stereocenters. The van der Waals surface area contributed by atoms with Gasteiger partial charge in [0, 0.05) is 12.5 Å². The second kappa shape index (κ2) is 8.97. The maximum absolute atomic E-state index is 13.3. The highest BCUT2D eigenvalue weighted by Gasteiger charge is 2.23. The number of alkyl halides is 2. The Kier molecular flexibility index (Phi) is 7.25. The van der Waals surface area contributed by atoms with E-state index >= 15 is 0 Å². The van der Waals surface area contributed by atoms with E-state index in [9.17, 15) is 8.78 Å². The molecule has 0 nitrogen and oxygen atoms in total. The van der Waals surface area contributed by atoms with Gasteiger partial charge < -0.3 is 0 Å². The first-order valence-electron chi connectivity index (χ1n) is 9.85. The van der Waals surface area contributed by atoms with Crippen LogP contribution in [0, 0.1) is 17.8 Å². The SMILES string of the molecule is CCC(CCc1ccc(C(C)(F)F)cc1)CCC1CCCC(C)C1. The second-order valence-corrected chi connectivity index (χ2v) is 8.11. The molecule has 136 valence electrons. The van der Waals surface area contributed by atoms with Crippen LogP contribution in [-0.4, -0.2) is 0 Å². The molecule has 1 saturated carbocycles. The van der Waals surface area contributed by atoms with Crippen LogP contribution in [-0.2, 0) is 12.3 Å². The molecule has 2 rings (SSSR count). The molecular formula is C22H34F2. The van der Waals surface area contributed by atoms with Gasteiger partial charge in [-0.25, -0.2) is 8.78 Å². The average Bonchev–Trinajstić information content (AvgIpc) is 2.55. The van der Waals surface area contributed by atoms with Gasteiger partial charge in [0.1, 0.15) is 0 Å². The van der Waals surface area contributed by atoms with Crippen molar-refractivity contribution in [2.45, 2.75) is 84.5 Å². The summed E-state index contributed by atoms with van der Waals surface area (Å²) in [7, 11) is 0. The molecule has 0 aromatic heterocycles. The van der Waals surface area contributed by atoms with Crippen molar-refractivity contribution in [1.82, 2.24) is 0 Å². The fourth-order valence-electron chi connectivity index (χ4n) is 4.18. The standard InChI is InChI=1S/C22H34F2/c1-4-18(9-11-20-7-5-6-17(2)16-20)8-10-19-12-14-21(15-13-19)22(3,23)24/h12-15,17-18,20H,4-11,16H2,1-3H3. The minimum Gasteiger partial charge on any atom is -0.202 e. The van der Waals surface area contributed by atoms with Gasteiger partial charge in [-0.2, -0.15) is 0 Å². The fraction of sp³-hybridized carbons (Fsp3) is 0.727.